The quantitative estimate of drug-likeness (QED) is 0.821. The van der Waals surface area contributed by atoms with Gasteiger partial charge in [0.1, 0.15) is 5.69 Å². The van der Waals surface area contributed by atoms with Crippen LogP contribution >= 0.6 is 0 Å². The van der Waals surface area contributed by atoms with Crippen molar-refractivity contribution in [1.29, 1.82) is 0 Å². The molecule has 2 atom stereocenters. The van der Waals surface area contributed by atoms with Crippen molar-refractivity contribution in [3.63, 3.8) is 0 Å². The van der Waals surface area contributed by atoms with Crippen LogP contribution in [0.3, 0.4) is 0 Å². The molecule has 100 valence electrons. The molecule has 2 heterocycles. The van der Waals surface area contributed by atoms with Crippen LogP contribution < -0.4 is 5.32 Å². The van der Waals surface area contributed by atoms with E-state index in [-0.39, 0.29) is 11.9 Å². The van der Waals surface area contributed by atoms with Gasteiger partial charge in [0.05, 0.1) is 0 Å². The molecule has 1 amide bonds. The maximum absolute atomic E-state index is 12.6. The Morgan fingerprint density at radius 2 is 2.11 bits per heavy atom. The smallest absolute Gasteiger partial charge is 0.270 e. The molecule has 1 aromatic carbocycles. The monoisotopic (exact) mass is 257 g/mol. The van der Waals surface area contributed by atoms with Gasteiger partial charge in [-0.3, -0.25) is 4.79 Å². The number of para-hydroxylation sites is 1. The second-order valence-electron chi connectivity index (χ2n) is 5.39. The van der Waals surface area contributed by atoms with Crippen LogP contribution in [-0.4, -0.2) is 41.0 Å². The first-order valence-corrected chi connectivity index (χ1v) is 6.77. The molecule has 3 rings (SSSR count). The highest BCUT2D eigenvalue weighted by molar-refractivity contribution is 5.98. The highest BCUT2D eigenvalue weighted by Gasteiger charge is 2.28. The summed E-state index contributed by atoms with van der Waals surface area (Å²) >= 11 is 0. The van der Waals surface area contributed by atoms with E-state index in [0.29, 0.717) is 11.7 Å². The summed E-state index contributed by atoms with van der Waals surface area (Å²) in [5, 5.41) is 4.48. The second-order valence-corrected chi connectivity index (χ2v) is 5.39. The average molecular weight is 257 g/mol. The Morgan fingerprint density at radius 1 is 1.32 bits per heavy atom. The van der Waals surface area contributed by atoms with Crippen molar-refractivity contribution in [2.75, 3.05) is 13.1 Å². The van der Waals surface area contributed by atoms with Gasteiger partial charge in [-0.15, -0.1) is 0 Å². The standard InChI is InChI=1S/C15H19N3O/c1-10-9-18(11(2)8-16-10)15(19)14-7-12-5-3-4-6-13(12)17-14/h3-7,10-11,16-17H,8-9H2,1-2H3/t10-,11+/m0/s1. The van der Waals surface area contributed by atoms with E-state index in [0.717, 1.165) is 24.0 Å². The van der Waals surface area contributed by atoms with Crippen LogP contribution in [0.2, 0.25) is 0 Å². The molecule has 1 aliphatic heterocycles. The molecule has 0 unspecified atom stereocenters. The molecular weight excluding hydrogens is 238 g/mol. The number of carbonyl (C=O) groups is 1. The van der Waals surface area contributed by atoms with Crippen molar-refractivity contribution in [2.45, 2.75) is 25.9 Å². The summed E-state index contributed by atoms with van der Waals surface area (Å²) < 4.78 is 0. The number of fused-ring (bicyclic) bond motifs is 1. The molecule has 0 saturated carbocycles. The highest BCUT2D eigenvalue weighted by atomic mass is 16.2. The lowest BCUT2D eigenvalue weighted by molar-refractivity contribution is 0.0611. The van der Waals surface area contributed by atoms with Crippen molar-refractivity contribution in [3.05, 3.63) is 36.0 Å². The van der Waals surface area contributed by atoms with E-state index in [1.807, 2.05) is 35.2 Å². The first-order chi connectivity index (χ1) is 9.15. The molecular formula is C15H19N3O. The Kier molecular flexibility index (Phi) is 3.03. The van der Waals surface area contributed by atoms with Crippen LogP contribution in [0.15, 0.2) is 30.3 Å². The largest absolute Gasteiger partial charge is 0.351 e. The van der Waals surface area contributed by atoms with Crippen LogP contribution in [0, 0.1) is 0 Å². The van der Waals surface area contributed by atoms with Crippen LogP contribution in [0.4, 0.5) is 0 Å². The van der Waals surface area contributed by atoms with Gasteiger partial charge in [-0.2, -0.15) is 0 Å². The van der Waals surface area contributed by atoms with E-state index in [4.69, 9.17) is 0 Å². The van der Waals surface area contributed by atoms with E-state index in [9.17, 15) is 4.79 Å². The minimum Gasteiger partial charge on any atom is -0.351 e. The van der Waals surface area contributed by atoms with Crippen molar-refractivity contribution < 1.29 is 4.79 Å². The number of amides is 1. The van der Waals surface area contributed by atoms with E-state index in [1.165, 1.54) is 0 Å². The molecule has 4 nitrogen and oxygen atoms in total. The maximum Gasteiger partial charge on any atom is 0.270 e. The van der Waals surface area contributed by atoms with Gasteiger partial charge < -0.3 is 15.2 Å². The SMILES string of the molecule is C[C@@H]1CN[C@@H](C)CN1C(=O)c1cc2ccccc2[nH]1. The third-order valence-electron chi connectivity index (χ3n) is 3.79. The summed E-state index contributed by atoms with van der Waals surface area (Å²) in [6, 6.07) is 10.5. The van der Waals surface area contributed by atoms with Crippen LogP contribution in [-0.2, 0) is 0 Å². The second kappa shape index (κ2) is 4.70. The molecule has 0 spiro atoms. The number of rotatable bonds is 1. The molecule has 1 fully saturated rings. The van der Waals surface area contributed by atoms with Gasteiger partial charge in [0.2, 0.25) is 0 Å². The van der Waals surface area contributed by atoms with Gasteiger partial charge in [-0.05, 0) is 26.0 Å². The van der Waals surface area contributed by atoms with Gasteiger partial charge in [-0.25, -0.2) is 0 Å². The summed E-state index contributed by atoms with van der Waals surface area (Å²) in [6.07, 6.45) is 0. The van der Waals surface area contributed by atoms with Crippen LogP contribution in [0.25, 0.3) is 10.9 Å². The van der Waals surface area contributed by atoms with Gasteiger partial charge in [0.15, 0.2) is 0 Å². The molecule has 1 saturated heterocycles. The number of carbonyl (C=O) groups excluding carboxylic acids is 1. The zero-order valence-corrected chi connectivity index (χ0v) is 11.3. The van der Waals surface area contributed by atoms with Crippen LogP contribution in [0.1, 0.15) is 24.3 Å². The molecule has 1 aromatic heterocycles. The average Bonchev–Trinajstić information content (AvgIpc) is 2.84. The predicted octanol–water partition coefficient (Wildman–Crippen LogP) is 1.99. The lowest BCUT2D eigenvalue weighted by Crippen LogP contribution is -2.56. The predicted molar refractivity (Wildman–Crippen MR) is 76.3 cm³/mol. The summed E-state index contributed by atoms with van der Waals surface area (Å²) in [4.78, 5) is 17.8. The summed E-state index contributed by atoms with van der Waals surface area (Å²) in [7, 11) is 0. The first-order valence-electron chi connectivity index (χ1n) is 6.77. The fraction of sp³-hybridized carbons (Fsp3) is 0.400. The molecule has 2 N–H and O–H groups in total. The Bertz CT molecular complexity index is 571. The van der Waals surface area contributed by atoms with E-state index in [1.54, 1.807) is 0 Å². The molecule has 1 aliphatic rings. The third kappa shape index (κ3) is 2.24. The number of nitrogens with zero attached hydrogens (tertiary/aromatic N) is 1. The zero-order chi connectivity index (χ0) is 13.4. The molecule has 19 heavy (non-hydrogen) atoms. The number of nitrogens with one attached hydrogen (secondary N) is 2. The Labute approximate surface area is 112 Å². The molecule has 0 radical (unpaired) electrons. The summed E-state index contributed by atoms with van der Waals surface area (Å²) in [5.74, 6) is 0.0945. The van der Waals surface area contributed by atoms with E-state index in [2.05, 4.69) is 24.1 Å². The lowest BCUT2D eigenvalue weighted by Gasteiger charge is -2.37. The maximum atomic E-state index is 12.6. The summed E-state index contributed by atoms with van der Waals surface area (Å²) in [5.41, 5.74) is 1.70. The van der Waals surface area contributed by atoms with Crippen LogP contribution in [0.5, 0.6) is 0 Å². The van der Waals surface area contributed by atoms with E-state index >= 15 is 0 Å². The fourth-order valence-corrected chi connectivity index (χ4v) is 2.65. The lowest BCUT2D eigenvalue weighted by atomic mass is 10.1. The van der Waals surface area contributed by atoms with Gasteiger partial charge in [-0.1, -0.05) is 18.2 Å². The van der Waals surface area contributed by atoms with Crippen molar-refractivity contribution in [3.8, 4) is 0 Å². The van der Waals surface area contributed by atoms with Crippen molar-refractivity contribution in [2.24, 2.45) is 0 Å². The number of hydrogen-bond acceptors (Lipinski definition) is 2. The number of piperazine rings is 1. The van der Waals surface area contributed by atoms with Gasteiger partial charge >= 0.3 is 0 Å². The Morgan fingerprint density at radius 3 is 2.89 bits per heavy atom. The molecule has 4 heteroatoms. The fourth-order valence-electron chi connectivity index (χ4n) is 2.65. The zero-order valence-electron chi connectivity index (χ0n) is 11.3. The molecule has 0 bridgehead atoms. The third-order valence-corrected chi connectivity index (χ3v) is 3.79. The Hall–Kier alpha value is -1.81. The minimum absolute atomic E-state index is 0.0945. The summed E-state index contributed by atoms with van der Waals surface area (Å²) in [6.45, 7) is 5.80. The number of aromatic amines is 1. The number of benzene rings is 1. The van der Waals surface area contributed by atoms with Gasteiger partial charge in [0, 0.05) is 36.1 Å². The van der Waals surface area contributed by atoms with Gasteiger partial charge in [0.25, 0.3) is 5.91 Å². The molecule has 2 aromatic rings. The topological polar surface area (TPSA) is 48.1 Å². The molecule has 0 aliphatic carbocycles. The number of hydrogen-bond donors (Lipinski definition) is 2. The number of H-pyrrole nitrogens is 1. The normalized spacial score (nSPS) is 23.8. The Balaban J connectivity index is 1.90. The van der Waals surface area contributed by atoms with E-state index < -0.39 is 0 Å². The first kappa shape index (κ1) is 12.2. The highest BCUT2D eigenvalue weighted by Crippen LogP contribution is 2.18. The minimum atomic E-state index is 0.0945. The number of aromatic nitrogens is 1. The van der Waals surface area contributed by atoms with Crippen molar-refractivity contribution in [1.82, 2.24) is 15.2 Å². The van der Waals surface area contributed by atoms with Crippen molar-refractivity contribution >= 4 is 16.8 Å².